The van der Waals surface area contributed by atoms with Gasteiger partial charge in [-0.1, -0.05) is 18.2 Å². The molecule has 0 unspecified atom stereocenters. The van der Waals surface area contributed by atoms with Gasteiger partial charge in [-0.3, -0.25) is 4.79 Å². The molecular formula is C16H17IN2O. The Morgan fingerprint density at radius 1 is 1.15 bits per heavy atom. The molecule has 0 heterocycles. The van der Waals surface area contributed by atoms with Crippen molar-refractivity contribution in [3.05, 3.63) is 57.2 Å². The van der Waals surface area contributed by atoms with Crippen molar-refractivity contribution < 1.29 is 4.79 Å². The Hall–Kier alpha value is -1.56. The van der Waals surface area contributed by atoms with Crippen molar-refractivity contribution in [3.63, 3.8) is 0 Å². The van der Waals surface area contributed by atoms with Gasteiger partial charge in [-0.15, -0.1) is 0 Å². The number of benzene rings is 2. The third-order valence-corrected chi connectivity index (χ3v) is 3.85. The van der Waals surface area contributed by atoms with E-state index in [0.717, 1.165) is 27.1 Å². The second kappa shape index (κ2) is 6.74. The summed E-state index contributed by atoms with van der Waals surface area (Å²) in [6, 6.07) is 13.5. The SMILES string of the molecule is CCNc1cc(C)ccc1C(=O)Nc1ccccc1I. The topological polar surface area (TPSA) is 41.1 Å². The molecule has 0 aliphatic heterocycles. The van der Waals surface area contributed by atoms with Crippen LogP contribution in [0.15, 0.2) is 42.5 Å². The van der Waals surface area contributed by atoms with Crippen LogP contribution in [-0.2, 0) is 0 Å². The van der Waals surface area contributed by atoms with Crippen LogP contribution in [0.5, 0.6) is 0 Å². The highest BCUT2D eigenvalue weighted by Crippen LogP contribution is 2.21. The summed E-state index contributed by atoms with van der Waals surface area (Å²) in [6.07, 6.45) is 0. The van der Waals surface area contributed by atoms with Crippen molar-refractivity contribution in [2.24, 2.45) is 0 Å². The number of hydrogen-bond acceptors (Lipinski definition) is 2. The molecule has 0 saturated heterocycles. The molecule has 104 valence electrons. The third kappa shape index (κ3) is 3.50. The van der Waals surface area contributed by atoms with Gasteiger partial charge in [0.25, 0.3) is 5.91 Å². The van der Waals surface area contributed by atoms with Crippen LogP contribution in [0.1, 0.15) is 22.8 Å². The summed E-state index contributed by atoms with van der Waals surface area (Å²) in [7, 11) is 0. The minimum Gasteiger partial charge on any atom is -0.385 e. The van der Waals surface area contributed by atoms with E-state index in [0.29, 0.717) is 5.56 Å². The molecule has 0 aromatic heterocycles. The summed E-state index contributed by atoms with van der Waals surface area (Å²) >= 11 is 2.21. The molecule has 2 aromatic rings. The second-order valence-corrected chi connectivity index (χ2v) is 5.68. The molecule has 0 saturated carbocycles. The monoisotopic (exact) mass is 380 g/mol. The molecule has 0 aliphatic rings. The first kappa shape index (κ1) is 14.8. The van der Waals surface area contributed by atoms with Crippen molar-refractivity contribution >= 4 is 39.9 Å². The Balaban J connectivity index is 2.27. The maximum absolute atomic E-state index is 12.4. The lowest BCUT2D eigenvalue weighted by Gasteiger charge is -2.12. The highest BCUT2D eigenvalue weighted by Gasteiger charge is 2.12. The molecular weight excluding hydrogens is 363 g/mol. The predicted octanol–water partition coefficient (Wildman–Crippen LogP) is 4.28. The minimum absolute atomic E-state index is 0.0925. The zero-order valence-electron chi connectivity index (χ0n) is 11.5. The summed E-state index contributed by atoms with van der Waals surface area (Å²) in [4.78, 5) is 12.4. The fourth-order valence-electron chi connectivity index (χ4n) is 1.95. The van der Waals surface area contributed by atoms with Crippen LogP contribution in [0, 0.1) is 10.5 Å². The molecule has 0 spiro atoms. The van der Waals surface area contributed by atoms with Crippen molar-refractivity contribution in [1.82, 2.24) is 0 Å². The van der Waals surface area contributed by atoms with Crippen LogP contribution < -0.4 is 10.6 Å². The van der Waals surface area contributed by atoms with Crippen LogP contribution in [0.25, 0.3) is 0 Å². The Kier molecular flexibility index (Phi) is 5.00. The number of aryl methyl sites for hydroxylation is 1. The zero-order chi connectivity index (χ0) is 14.5. The average Bonchev–Trinajstić information content (AvgIpc) is 2.42. The first-order valence-electron chi connectivity index (χ1n) is 6.52. The van der Waals surface area contributed by atoms with Gasteiger partial charge in [-0.2, -0.15) is 0 Å². The number of nitrogens with one attached hydrogen (secondary N) is 2. The number of rotatable bonds is 4. The molecule has 0 aliphatic carbocycles. The average molecular weight is 380 g/mol. The number of anilines is 2. The van der Waals surface area contributed by atoms with Gasteiger partial charge in [0.15, 0.2) is 0 Å². The second-order valence-electron chi connectivity index (χ2n) is 4.51. The van der Waals surface area contributed by atoms with E-state index in [1.165, 1.54) is 0 Å². The molecule has 4 heteroatoms. The lowest BCUT2D eigenvalue weighted by Crippen LogP contribution is -2.15. The van der Waals surface area contributed by atoms with E-state index in [1.54, 1.807) is 0 Å². The molecule has 0 fully saturated rings. The molecule has 0 bridgehead atoms. The summed E-state index contributed by atoms with van der Waals surface area (Å²) in [5.41, 5.74) is 3.50. The zero-order valence-corrected chi connectivity index (χ0v) is 13.7. The van der Waals surface area contributed by atoms with Crippen LogP contribution in [-0.4, -0.2) is 12.5 Å². The van der Waals surface area contributed by atoms with E-state index in [9.17, 15) is 4.79 Å². The molecule has 0 radical (unpaired) electrons. The maximum Gasteiger partial charge on any atom is 0.257 e. The number of carbonyl (C=O) groups excluding carboxylic acids is 1. The van der Waals surface area contributed by atoms with Gasteiger partial charge in [0.2, 0.25) is 0 Å². The predicted molar refractivity (Wildman–Crippen MR) is 92.5 cm³/mol. The van der Waals surface area contributed by atoms with Crippen molar-refractivity contribution in [2.45, 2.75) is 13.8 Å². The van der Waals surface area contributed by atoms with Crippen LogP contribution in [0.2, 0.25) is 0 Å². The fraction of sp³-hybridized carbons (Fsp3) is 0.188. The maximum atomic E-state index is 12.4. The Bertz CT molecular complexity index is 626. The Labute approximate surface area is 132 Å². The van der Waals surface area contributed by atoms with E-state index in [2.05, 4.69) is 33.2 Å². The van der Waals surface area contributed by atoms with E-state index >= 15 is 0 Å². The van der Waals surface area contributed by atoms with Gasteiger partial charge in [-0.05, 0) is 66.3 Å². The largest absolute Gasteiger partial charge is 0.385 e. The molecule has 2 aromatic carbocycles. The smallest absolute Gasteiger partial charge is 0.257 e. The first-order valence-corrected chi connectivity index (χ1v) is 7.60. The highest BCUT2D eigenvalue weighted by molar-refractivity contribution is 14.1. The number of halogens is 1. The molecule has 0 atom stereocenters. The van der Waals surface area contributed by atoms with Gasteiger partial charge in [-0.25, -0.2) is 0 Å². The van der Waals surface area contributed by atoms with Crippen molar-refractivity contribution in [2.75, 3.05) is 17.2 Å². The summed E-state index contributed by atoms with van der Waals surface area (Å²) in [5.74, 6) is -0.0925. The molecule has 20 heavy (non-hydrogen) atoms. The number of para-hydroxylation sites is 1. The quantitative estimate of drug-likeness (QED) is 0.778. The first-order chi connectivity index (χ1) is 9.61. The van der Waals surface area contributed by atoms with E-state index in [-0.39, 0.29) is 5.91 Å². The van der Waals surface area contributed by atoms with Crippen LogP contribution in [0.4, 0.5) is 11.4 Å². The summed E-state index contributed by atoms with van der Waals surface area (Å²) in [5, 5.41) is 6.19. The van der Waals surface area contributed by atoms with E-state index in [1.807, 2.05) is 56.3 Å². The number of carbonyl (C=O) groups is 1. The van der Waals surface area contributed by atoms with Gasteiger partial charge >= 0.3 is 0 Å². The Morgan fingerprint density at radius 2 is 1.90 bits per heavy atom. The molecule has 1 amide bonds. The molecule has 2 N–H and O–H groups in total. The standard InChI is InChI=1S/C16H17IN2O/c1-3-18-15-10-11(2)8-9-12(15)16(20)19-14-7-5-4-6-13(14)17/h4-10,18H,3H2,1-2H3,(H,19,20). The van der Waals surface area contributed by atoms with Gasteiger partial charge < -0.3 is 10.6 Å². The lowest BCUT2D eigenvalue weighted by atomic mass is 10.1. The van der Waals surface area contributed by atoms with E-state index in [4.69, 9.17) is 0 Å². The minimum atomic E-state index is -0.0925. The third-order valence-electron chi connectivity index (χ3n) is 2.91. The highest BCUT2D eigenvalue weighted by atomic mass is 127. The van der Waals surface area contributed by atoms with Crippen LogP contribution >= 0.6 is 22.6 Å². The van der Waals surface area contributed by atoms with E-state index < -0.39 is 0 Å². The van der Waals surface area contributed by atoms with Gasteiger partial charge in [0, 0.05) is 15.8 Å². The lowest BCUT2D eigenvalue weighted by molar-refractivity contribution is 0.102. The number of hydrogen-bond donors (Lipinski definition) is 2. The van der Waals surface area contributed by atoms with Crippen molar-refractivity contribution in [1.29, 1.82) is 0 Å². The van der Waals surface area contributed by atoms with Gasteiger partial charge in [0.05, 0.1) is 11.3 Å². The van der Waals surface area contributed by atoms with Crippen molar-refractivity contribution in [3.8, 4) is 0 Å². The Morgan fingerprint density at radius 3 is 2.60 bits per heavy atom. The van der Waals surface area contributed by atoms with Crippen LogP contribution in [0.3, 0.4) is 0 Å². The normalized spacial score (nSPS) is 10.2. The molecule has 2 rings (SSSR count). The van der Waals surface area contributed by atoms with Gasteiger partial charge in [0.1, 0.15) is 0 Å². The summed E-state index contributed by atoms with van der Waals surface area (Å²) < 4.78 is 1.02. The molecule has 3 nitrogen and oxygen atoms in total. The number of amides is 1. The summed E-state index contributed by atoms with van der Waals surface area (Å²) in [6.45, 7) is 4.82. The fourth-order valence-corrected chi connectivity index (χ4v) is 2.47.